The van der Waals surface area contributed by atoms with Gasteiger partial charge in [0.25, 0.3) is 0 Å². The van der Waals surface area contributed by atoms with Gasteiger partial charge in [-0.05, 0) is 90.5 Å². The molecule has 71 heavy (non-hydrogen) atoms. The summed E-state index contributed by atoms with van der Waals surface area (Å²) in [5.41, 5.74) is 0.243. The van der Waals surface area contributed by atoms with Crippen molar-refractivity contribution >= 4 is 41.1 Å². The van der Waals surface area contributed by atoms with E-state index in [1.807, 2.05) is 26.0 Å². The number of aliphatic hydroxyl groups is 5. The number of benzene rings is 1. The number of methoxy groups -OCH3 is 1. The maximum absolute atomic E-state index is 14.0. The van der Waals surface area contributed by atoms with Crippen LogP contribution in [-0.4, -0.2) is 146 Å². The van der Waals surface area contributed by atoms with Crippen molar-refractivity contribution in [2.75, 3.05) is 7.11 Å². The fraction of sp³-hybridized carbons (Fsp3) is 0.627. The van der Waals surface area contributed by atoms with E-state index in [2.05, 4.69) is 0 Å². The molecule has 398 valence electrons. The summed E-state index contributed by atoms with van der Waals surface area (Å²) in [5.74, 6) is -5.48. The molecule has 1 aromatic rings. The highest BCUT2D eigenvalue weighted by atomic mass is 35.5. The molecule has 0 unspecified atom stereocenters. The predicted octanol–water partition coefficient (Wildman–Crippen LogP) is 6.19. The highest BCUT2D eigenvalue weighted by Gasteiger charge is 2.53. The minimum Gasteiger partial charge on any atom is -0.505 e. The molecule has 20 heteroatoms. The summed E-state index contributed by atoms with van der Waals surface area (Å²) in [4.78, 5) is 40.1. The number of cyclic esters (lactones) is 1. The van der Waals surface area contributed by atoms with E-state index in [1.54, 1.807) is 60.6 Å². The Morgan fingerprint density at radius 1 is 0.901 bits per heavy atom. The van der Waals surface area contributed by atoms with Crippen LogP contribution in [-0.2, 0) is 53.9 Å². The quantitative estimate of drug-likeness (QED) is 0.0699. The van der Waals surface area contributed by atoms with Crippen molar-refractivity contribution in [2.24, 2.45) is 11.8 Å². The zero-order valence-electron chi connectivity index (χ0n) is 42.3. The molecule has 0 aromatic heterocycles. The van der Waals surface area contributed by atoms with E-state index in [9.17, 15) is 50.1 Å². The van der Waals surface area contributed by atoms with E-state index in [1.165, 1.54) is 33.1 Å². The zero-order chi connectivity index (χ0) is 53.4. The second-order valence-corrected chi connectivity index (χ2v) is 19.8. The number of aromatic hydroxyl groups is 2. The number of carbonyl (C=O) groups is 3. The Labute approximate surface area is 425 Å². The van der Waals surface area contributed by atoms with Crippen molar-refractivity contribution in [2.45, 2.75) is 187 Å². The van der Waals surface area contributed by atoms with Gasteiger partial charge in [0.05, 0.1) is 35.4 Å². The van der Waals surface area contributed by atoms with Crippen LogP contribution in [0.1, 0.15) is 111 Å². The molecule has 4 rings (SSSR count). The van der Waals surface area contributed by atoms with E-state index < -0.39 is 143 Å². The van der Waals surface area contributed by atoms with E-state index in [-0.39, 0.29) is 29.8 Å². The van der Waals surface area contributed by atoms with Crippen molar-refractivity contribution in [1.82, 2.24) is 0 Å². The van der Waals surface area contributed by atoms with Crippen LogP contribution in [0.5, 0.6) is 11.5 Å². The second kappa shape index (κ2) is 25.7. The number of allylic oxidation sites excluding steroid dienone is 4. The van der Waals surface area contributed by atoms with E-state index in [4.69, 9.17) is 61.1 Å². The average molecular weight is 1040 g/mol. The van der Waals surface area contributed by atoms with Gasteiger partial charge in [-0.2, -0.15) is 0 Å². The normalized spacial score (nSPS) is 35.1. The summed E-state index contributed by atoms with van der Waals surface area (Å²) >= 11 is 12.3. The SMILES string of the molecule is CCc1c(Cl)c(O)c(Cl)c(O)c1C(=O)O[C@H]1[C@H](O)[C@H](OC)[C@H](O/C2=C\C=C\C[C@H](O)/C(C)=C/[C@H](CC)[C@@H](O[C@@H]3OC(C)(C)[C@@H](OC(=O)C(C)C)[C@H](O)[C@@H]3O)/C(C)=C/C(C)=C/C[C@@H]([C@H](C)O)OC2=O)O[C@@H]1C. The summed E-state index contributed by atoms with van der Waals surface area (Å²) in [5, 5.41) is 76.6. The topological polar surface area (TPSA) is 267 Å². The van der Waals surface area contributed by atoms with Crippen LogP contribution in [0.2, 0.25) is 10.0 Å². The Balaban J connectivity index is 1.65. The molecule has 3 heterocycles. The Morgan fingerprint density at radius 2 is 1.56 bits per heavy atom. The number of carbonyl (C=O) groups excluding carboxylic acids is 3. The summed E-state index contributed by atoms with van der Waals surface area (Å²) in [6.45, 7) is 18.4. The van der Waals surface area contributed by atoms with Gasteiger partial charge in [-0.3, -0.25) is 4.79 Å². The number of hydrogen-bond acceptors (Lipinski definition) is 18. The Hall–Kier alpha value is -4.05. The van der Waals surface area contributed by atoms with Crippen LogP contribution in [0.4, 0.5) is 0 Å². The van der Waals surface area contributed by atoms with Crippen molar-refractivity contribution in [3.8, 4) is 11.5 Å². The molecule has 2 saturated heterocycles. The first kappa shape index (κ1) is 59.5. The molecule has 3 aliphatic heterocycles. The van der Waals surface area contributed by atoms with E-state index >= 15 is 0 Å². The number of esters is 3. The van der Waals surface area contributed by atoms with Crippen LogP contribution in [0.25, 0.3) is 0 Å². The molecule has 0 amide bonds. The Bertz CT molecular complexity index is 2200. The third-order valence-corrected chi connectivity index (χ3v) is 13.5. The average Bonchev–Trinajstić information content (AvgIpc) is 3.30. The van der Waals surface area contributed by atoms with Gasteiger partial charge < -0.3 is 73.6 Å². The first-order valence-electron chi connectivity index (χ1n) is 23.7. The zero-order valence-corrected chi connectivity index (χ0v) is 43.8. The van der Waals surface area contributed by atoms with Crippen molar-refractivity contribution in [1.29, 1.82) is 0 Å². The lowest BCUT2D eigenvalue weighted by molar-refractivity contribution is -0.333. The third kappa shape index (κ3) is 14.4. The molecule has 2 fully saturated rings. The highest BCUT2D eigenvalue weighted by Crippen LogP contribution is 2.45. The monoisotopic (exact) mass is 1040 g/mol. The molecule has 0 saturated carbocycles. The standard InChI is InChI=1S/C51H72Cl2O18/c1-13-29-22-25(6)31(55)17-15-16-18-33(67-50-44(64-12)41(60)43(28(9)65-50)68-48(63)34-30(14-2)35(52)38(57)36(53)37(34)56)47(62)66-32(27(8)54)20-19-24(5)21-26(7)42(29)69-49-40(59)39(58)45(51(10,11)71-49)70-46(61)23(3)4/h15-16,18-19,21-23,27-29,31-32,39-45,49-50,54-60H,13-14,17,20H2,1-12H3/b16-15+,24-19+,25-22+,26-21+,33-18-/t27-,28+,29-,31-,32-,39+,40-,41-,42-,43+,44-,45-,49+,50-/m0/s1. The number of rotatable bonds is 12. The summed E-state index contributed by atoms with van der Waals surface area (Å²) < 4.78 is 47.5. The van der Waals surface area contributed by atoms with Gasteiger partial charge in [0.15, 0.2) is 30.0 Å². The number of hydrogen-bond donors (Lipinski definition) is 7. The first-order valence-corrected chi connectivity index (χ1v) is 24.5. The molecular formula is C51H72Cl2O18. The number of phenolic OH excluding ortho intramolecular Hbond substituents is 2. The number of halogens is 2. The fourth-order valence-corrected chi connectivity index (χ4v) is 9.01. The highest BCUT2D eigenvalue weighted by molar-refractivity contribution is 6.39. The summed E-state index contributed by atoms with van der Waals surface area (Å²) in [6, 6.07) is 0. The minimum absolute atomic E-state index is 0.0214. The first-order chi connectivity index (χ1) is 33.2. The Kier molecular flexibility index (Phi) is 21.6. The van der Waals surface area contributed by atoms with Gasteiger partial charge in [-0.25, -0.2) is 9.59 Å². The van der Waals surface area contributed by atoms with Gasteiger partial charge in [0, 0.05) is 19.4 Å². The van der Waals surface area contributed by atoms with Crippen molar-refractivity contribution in [3.63, 3.8) is 0 Å². The van der Waals surface area contributed by atoms with Gasteiger partial charge >= 0.3 is 17.9 Å². The molecule has 14 atom stereocenters. The maximum atomic E-state index is 14.0. The van der Waals surface area contributed by atoms with Crippen molar-refractivity contribution in [3.05, 3.63) is 80.1 Å². The van der Waals surface area contributed by atoms with Crippen molar-refractivity contribution < 1.29 is 88.0 Å². The fourth-order valence-electron chi connectivity index (χ4n) is 8.45. The third-order valence-electron chi connectivity index (χ3n) is 12.7. The lowest BCUT2D eigenvalue weighted by atomic mass is 9.88. The van der Waals surface area contributed by atoms with Crippen LogP contribution in [0.3, 0.4) is 0 Å². The van der Waals surface area contributed by atoms with Gasteiger partial charge in [-0.15, -0.1) is 0 Å². The second-order valence-electron chi connectivity index (χ2n) is 19.0. The lowest BCUT2D eigenvalue weighted by Crippen LogP contribution is -2.64. The van der Waals surface area contributed by atoms with Crippen LogP contribution < -0.4 is 0 Å². The molecule has 7 N–H and O–H groups in total. The molecule has 0 radical (unpaired) electrons. The van der Waals surface area contributed by atoms with Gasteiger partial charge in [0.2, 0.25) is 12.0 Å². The number of phenols is 2. The lowest BCUT2D eigenvalue weighted by Gasteiger charge is -2.47. The predicted molar refractivity (Wildman–Crippen MR) is 260 cm³/mol. The van der Waals surface area contributed by atoms with Crippen LogP contribution in [0, 0.1) is 11.8 Å². The van der Waals surface area contributed by atoms with Crippen LogP contribution in [0.15, 0.2) is 58.9 Å². The molecule has 0 aliphatic carbocycles. The molecule has 3 aliphatic rings. The molecule has 0 spiro atoms. The maximum Gasteiger partial charge on any atom is 0.374 e. The molecular weight excluding hydrogens is 971 g/mol. The molecule has 0 bridgehead atoms. The van der Waals surface area contributed by atoms with E-state index in [0.717, 1.165) is 0 Å². The van der Waals surface area contributed by atoms with Gasteiger partial charge in [0.1, 0.15) is 46.7 Å². The Morgan fingerprint density at radius 3 is 2.15 bits per heavy atom. The number of ether oxygens (including phenoxy) is 8. The van der Waals surface area contributed by atoms with E-state index in [0.29, 0.717) is 23.1 Å². The summed E-state index contributed by atoms with van der Waals surface area (Å²) in [6.07, 6.45) is -6.65. The van der Waals surface area contributed by atoms with Gasteiger partial charge in [-0.1, -0.05) is 86.9 Å². The number of aliphatic hydroxyl groups excluding tert-OH is 5. The summed E-state index contributed by atoms with van der Waals surface area (Å²) in [7, 11) is 1.23. The largest absolute Gasteiger partial charge is 0.505 e. The minimum atomic E-state index is -1.65. The van der Waals surface area contributed by atoms with Crippen LogP contribution >= 0.6 is 23.2 Å². The smallest absolute Gasteiger partial charge is 0.374 e. The molecule has 1 aromatic carbocycles. The molecule has 18 nitrogen and oxygen atoms in total.